The van der Waals surface area contributed by atoms with Gasteiger partial charge in [-0.05, 0) is 12.8 Å². The van der Waals surface area contributed by atoms with Gasteiger partial charge in [-0.3, -0.25) is 0 Å². The summed E-state index contributed by atoms with van der Waals surface area (Å²) in [5.41, 5.74) is 0.918. The molecule has 2 heterocycles. The number of aliphatic hydroxyl groups is 1. The SMILES string of the molecule is O=C1C=C(N2CCCC2CO)CO1. The van der Waals surface area contributed by atoms with Crippen molar-refractivity contribution in [2.45, 2.75) is 18.9 Å². The van der Waals surface area contributed by atoms with Crippen LogP contribution in [0, 0.1) is 0 Å². The first-order valence-corrected chi connectivity index (χ1v) is 4.56. The molecule has 0 bridgehead atoms. The molecule has 0 amide bonds. The minimum atomic E-state index is -0.265. The number of ether oxygens (including phenoxy) is 1. The summed E-state index contributed by atoms with van der Waals surface area (Å²) in [7, 11) is 0. The van der Waals surface area contributed by atoms with Crippen LogP contribution in [0.4, 0.5) is 0 Å². The zero-order chi connectivity index (χ0) is 9.26. The first-order chi connectivity index (χ1) is 6.31. The number of hydrogen-bond donors (Lipinski definition) is 1. The number of nitrogens with zero attached hydrogens (tertiary/aromatic N) is 1. The molecule has 13 heavy (non-hydrogen) atoms. The van der Waals surface area contributed by atoms with Crippen molar-refractivity contribution >= 4 is 5.97 Å². The fourth-order valence-corrected chi connectivity index (χ4v) is 1.93. The number of rotatable bonds is 2. The Morgan fingerprint density at radius 2 is 2.54 bits per heavy atom. The van der Waals surface area contributed by atoms with Crippen molar-refractivity contribution in [1.82, 2.24) is 4.90 Å². The summed E-state index contributed by atoms with van der Waals surface area (Å²) < 4.78 is 4.82. The Morgan fingerprint density at radius 3 is 3.15 bits per heavy atom. The molecule has 0 radical (unpaired) electrons. The second kappa shape index (κ2) is 3.38. The largest absolute Gasteiger partial charge is 0.456 e. The molecule has 0 spiro atoms. The third-order valence-electron chi connectivity index (χ3n) is 2.60. The molecule has 1 N–H and O–H groups in total. The third-order valence-corrected chi connectivity index (χ3v) is 2.60. The van der Waals surface area contributed by atoms with Crippen LogP contribution < -0.4 is 0 Å². The lowest BCUT2D eigenvalue weighted by Gasteiger charge is -2.24. The van der Waals surface area contributed by atoms with Crippen molar-refractivity contribution in [3.05, 3.63) is 11.8 Å². The third kappa shape index (κ3) is 1.54. The fourth-order valence-electron chi connectivity index (χ4n) is 1.93. The lowest BCUT2D eigenvalue weighted by molar-refractivity contribution is -0.135. The molecule has 0 aliphatic carbocycles. The van der Waals surface area contributed by atoms with Crippen molar-refractivity contribution in [3.63, 3.8) is 0 Å². The minimum absolute atomic E-state index is 0.158. The summed E-state index contributed by atoms with van der Waals surface area (Å²) in [6.45, 7) is 1.45. The average molecular weight is 183 g/mol. The van der Waals surface area contributed by atoms with E-state index in [1.54, 1.807) is 0 Å². The van der Waals surface area contributed by atoms with E-state index in [2.05, 4.69) is 4.90 Å². The molecule has 4 heteroatoms. The predicted molar refractivity (Wildman–Crippen MR) is 45.9 cm³/mol. The summed E-state index contributed by atoms with van der Waals surface area (Å²) in [5.74, 6) is -0.265. The van der Waals surface area contributed by atoms with Crippen molar-refractivity contribution in [2.75, 3.05) is 19.8 Å². The van der Waals surface area contributed by atoms with Gasteiger partial charge in [-0.2, -0.15) is 0 Å². The van der Waals surface area contributed by atoms with Crippen LogP contribution in [-0.2, 0) is 9.53 Å². The van der Waals surface area contributed by atoms with Crippen molar-refractivity contribution in [2.24, 2.45) is 0 Å². The number of hydrogen-bond acceptors (Lipinski definition) is 4. The first-order valence-electron chi connectivity index (χ1n) is 4.56. The highest BCUT2D eigenvalue weighted by Gasteiger charge is 2.28. The van der Waals surface area contributed by atoms with Gasteiger partial charge < -0.3 is 14.7 Å². The van der Waals surface area contributed by atoms with Crippen LogP contribution in [0.5, 0.6) is 0 Å². The maximum absolute atomic E-state index is 10.8. The van der Waals surface area contributed by atoms with Gasteiger partial charge in [0.25, 0.3) is 0 Å². The van der Waals surface area contributed by atoms with Gasteiger partial charge in [0.05, 0.1) is 18.3 Å². The first kappa shape index (κ1) is 8.56. The summed E-state index contributed by atoms with van der Waals surface area (Å²) in [4.78, 5) is 12.9. The molecule has 0 aromatic carbocycles. The van der Waals surface area contributed by atoms with Gasteiger partial charge in [0, 0.05) is 12.6 Å². The van der Waals surface area contributed by atoms with Gasteiger partial charge in [-0.1, -0.05) is 0 Å². The predicted octanol–water partition coefficient (Wildman–Crippen LogP) is -0.116. The Morgan fingerprint density at radius 1 is 1.69 bits per heavy atom. The molecule has 1 fully saturated rings. The van der Waals surface area contributed by atoms with Crippen molar-refractivity contribution in [1.29, 1.82) is 0 Å². The Bertz CT molecular complexity index is 249. The maximum atomic E-state index is 10.8. The quantitative estimate of drug-likeness (QED) is 0.606. The molecule has 0 aromatic rings. The summed E-state index contributed by atoms with van der Waals surface area (Å²) >= 11 is 0. The van der Waals surface area contributed by atoms with E-state index in [1.807, 2.05) is 0 Å². The van der Waals surface area contributed by atoms with Crippen LogP contribution in [0.3, 0.4) is 0 Å². The second-order valence-electron chi connectivity index (χ2n) is 3.42. The molecule has 4 nitrogen and oxygen atoms in total. The molecule has 1 saturated heterocycles. The summed E-state index contributed by atoms with van der Waals surface area (Å²) in [6, 6.07) is 0.181. The highest BCUT2D eigenvalue weighted by Crippen LogP contribution is 2.23. The Kier molecular flexibility index (Phi) is 2.22. The normalized spacial score (nSPS) is 27.8. The maximum Gasteiger partial charge on any atom is 0.333 e. The van der Waals surface area contributed by atoms with Gasteiger partial charge in [0.15, 0.2) is 0 Å². The number of likely N-dealkylation sites (tertiary alicyclic amines) is 1. The van der Waals surface area contributed by atoms with E-state index in [-0.39, 0.29) is 18.6 Å². The molecule has 0 saturated carbocycles. The monoisotopic (exact) mass is 183 g/mol. The molecule has 1 atom stereocenters. The highest BCUT2D eigenvalue weighted by atomic mass is 16.5. The van der Waals surface area contributed by atoms with Crippen LogP contribution in [0.1, 0.15) is 12.8 Å². The molecule has 2 aliphatic rings. The van der Waals surface area contributed by atoms with Crippen LogP contribution in [-0.4, -0.2) is 41.8 Å². The van der Waals surface area contributed by atoms with E-state index in [0.717, 1.165) is 25.1 Å². The van der Waals surface area contributed by atoms with Crippen molar-refractivity contribution < 1.29 is 14.6 Å². The molecule has 0 aromatic heterocycles. The topological polar surface area (TPSA) is 49.8 Å². The van der Waals surface area contributed by atoms with E-state index >= 15 is 0 Å². The molecule has 1 unspecified atom stereocenters. The minimum Gasteiger partial charge on any atom is -0.456 e. The average Bonchev–Trinajstić information content (AvgIpc) is 2.71. The van der Waals surface area contributed by atoms with Crippen LogP contribution >= 0.6 is 0 Å². The molecular weight excluding hydrogens is 170 g/mol. The van der Waals surface area contributed by atoms with Gasteiger partial charge >= 0.3 is 5.97 Å². The Labute approximate surface area is 76.8 Å². The second-order valence-corrected chi connectivity index (χ2v) is 3.42. The molecule has 72 valence electrons. The fraction of sp³-hybridized carbons (Fsp3) is 0.667. The van der Waals surface area contributed by atoms with Crippen LogP contribution in [0.2, 0.25) is 0 Å². The van der Waals surface area contributed by atoms with Crippen molar-refractivity contribution in [3.8, 4) is 0 Å². The van der Waals surface area contributed by atoms with E-state index in [0.29, 0.717) is 6.61 Å². The number of carbonyl (C=O) groups excluding carboxylic acids is 1. The number of cyclic esters (lactones) is 1. The number of aliphatic hydroxyl groups excluding tert-OH is 1. The lowest BCUT2D eigenvalue weighted by atomic mass is 10.2. The van der Waals surface area contributed by atoms with Gasteiger partial charge in [-0.25, -0.2) is 4.79 Å². The zero-order valence-corrected chi connectivity index (χ0v) is 7.40. The number of esters is 1. The highest BCUT2D eigenvalue weighted by molar-refractivity contribution is 5.85. The Balaban J connectivity index is 2.07. The van der Waals surface area contributed by atoms with E-state index in [9.17, 15) is 4.79 Å². The van der Waals surface area contributed by atoms with Crippen LogP contribution in [0.25, 0.3) is 0 Å². The Hall–Kier alpha value is -1.03. The van der Waals surface area contributed by atoms with E-state index < -0.39 is 0 Å². The molecule has 2 aliphatic heterocycles. The smallest absolute Gasteiger partial charge is 0.333 e. The van der Waals surface area contributed by atoms with Gasteiger partial charge in [0.1, 0.15) is 6.61 Å². The van der Waals surface area contributed by atoms with Gasteiger partial charge in [0.2, 0.25) is 0 Å². The summed E-state index contributed by atoms with van der Waals surface area (Å²) in [6.07, 6.45) is 3.60. The number of carbonyl (C=O) groups is 1. The van der Waals surface area contributed by atoms with E-state index in [4.69, 9.17) is 9.84 Å². The lowest BCUT2D eigenvalue weighted by Crippen LogP contribution is -2.32. The van der Waals surface area contributed by atoms with E-state index in [1.165, 1.54) is 6.08 Å². The zero-order valence-electron chi connectivity index (χ0n) is 7.40. The van der Waals surface area contributed by atoms with Gasteiger partial charge in [-0.15, -0.1) is 0 Å². The summed E-state index contributed by atoms with van der Waals surface area (Å²) in [5, 5.41) is 9.07. The molecule has 2 rings (SSSR count). The van der Waals surface area contributed by atoms with Crippen LogP contribution in [0.15, 0.2) is 11.8 Å². The standard InChI is InChI=1S/C9H13NO3/c11-5-7-2-1-3-10(7)8-4-9(12)13-6-8/h4,7,11H,1-3,5-6H2. The molecular formula is C9H13NO3.